The highest BCUT2D eigenvalue weighted by Crippen LogP contribution is 2.14. The first-order valence-corrected chi connectivity index (χ1v) is 6.91. The number of carbonyl (C=O) groups is 1. The van der Waals surface area contributed by atoms with Crippen LogP contribution in [0.25, 0.3) is 0 Å². The largest absolute Gasteiger partial charge is 0.396 e. The molecule has 106 valence electrons. The molecule has 0 aromatic heterocycles. The molecule has 1 aliphatic rings. The number of nitrogens with one attached hydrogen (secondary N) is 2. The maximum atomic E-state index is 12.1. The molecule has 1 heterocycles. The Bertz CT molecular complexity index is 248. The lowest BCUT2D eigenvalue weighted by Crippen LogP contribution is -2.46. The van der Waals surface area contributed by atoms with Crippen molar-refractivity contribution < 1.29 is 14.6 Å². The van der Waals surface area contributed by atoms with Gasteiger partial charge in [-0.1, -0.05) is 6.92 Å². The fraction of sp³-hybridized carbons (Fsp3) is 0.923. The Hall–Kier alpha value is -0.650. The summed E-state index contributed by atoms with van der Waals surface area (Å²) in [6.07, 6.45) is 2.58. The van der Waals surface area contributed by atoms with Crippen LogP contribution in [0.3, 0.4) is 0 Å². The van der Waals surface area contributed by atoms with Crippen LogP contribution < -0.4 is 10.6 Å². The van der Waals surface area contributed by atoms with Crippen LogP contribution in [0.4, 0.5) is 0 Å². The van der Waals surface area contributed by atoms with E-state index in [1.54, 1.807) is 0 Å². The Labute approximate surface area is 109 Å². The second-order valence-corrected chi connectivity index (χ2v) is 4.98. The average molecular weight is 258 g/mol. The van der Waals surface area contributed by atoms with E-state index < -0.39 is 0 Å². The van der Waals surface area contributed by atoms with E-state index in [0.717, 1.165) is 25.8 Å². The van der Waals surface area contributed by atoms with Crippen molar-refractivity contribution in [3.63, 3.8) is 0 Å². The minimum atomic E-state index is -0.0897. The number of aliphatic hydroxyl groups excluding tert-OH is 1. The molecule has 1 saturated heterocycles. The Morgan fingerprint density at radius 3 is 2.94 bits per heavy atom. The number of ether oxygens (including phenoxy) is 1. The summed E-state index contributed by atoms with van der Waals surface area (Å²) in [5.41, 5.74) is 0. The predicted octanol–water partition coefficient (Wildman–Crippen LogP) is 0.278. The van der Waals surface area contributed by atoms with Gasteiger partial charge < -0.3 is 20.5 Å². The monoisotopic (exact) mass is 258 g/mol. The van der Waals surface area contributed by atoms with Crippen molar-refractivity contribution in [2.45, 2.75) is 45.2 Å². The SMILES string of the molecule is CCCNC1COCC1C(=O)NC(C)CCCO. The molecule has 3 atom stereocenters. The molecule has 18 heavy (non-hydrogen) atoms. The van der Waals surface area contributed by atoms with Crippen LogP contribution in [-0.4, -0.2) is 49.5 Å². The normalized spacial score (nSPS) is 25.1. The maximum Gasteiger partial charge on any atom is 0.227 e. The Morgan fingerprint density at radius 1 is 1.50 bits per heavy atom. The van der Waals surface area contributed by atoms with Crippen LogP contribution in [0.15, 0.2) is 0 Å². The maximum absolute atomic E-state index is 12.1. The molecule has 0 spiro atoms. The van der Waals surface area contributed by atoms with Crippen LogP contribution >= 0.6 is 0 Å². The Balaban J connectivity index is 2.34. The van der Waals surface area contributed by atoms with Gasteiger partial charge in [-0.25, -0.2) is 0 Å². The first-order valence-electron chi connectivity index (χ1n) is 6.91. The number of hydrogen-bond donors (Lipinski definition) is 3. The molecule has 0 radical (unpaired) electrons. The molecule has 0 aromatic rings. The summed E-state index contributed by atoms with van der Waals surface area (Å²) in [7, 11) is 0. The molecule has 5 heteroatoms. The molecule has 0 bridgehead atoms. The molecular weight excluding hydrogens is 232 g/mol. The van der Waals surface area contributed by atoms with Gasteiger partial charge in [0.15, 0.2) is 0 Å². The third-order valence-corrected chi connectivity index (χ3v) is 3.26. The van der Waals surface area contributed by atoms with Crippen LogP contribution in [0.2, 0.25) is 0 Å². The second-order valence-electron chi connectivity index (χ2n) is 4.98. The molecule has 0 aliphatic carbocycles. The molecule has 1 fully saturated rings. The second kappa shape index (κ2) is 8.45. The minimum absolute atomic E-state index is 0.0616. The van der Waals surface area contributed by atoms with Crippen LogP contribution in [-0.2, 0) is 9.53 Å². The van der Waals surface area contributed by atoms with E-state index in [2.05, 4.69) is 17.6 Å². The number of carbonyl (C=O) groups excluding carboxylic acids is 1. The molecule has 1 amide bonds. The van der Waals surface area contributed by atoms with Gasteiger partial charge in [-0.3, -0.25) is 4.79 Å². The van der Waals surface area contributed by atoms with Gasteiger partial charge in [-0.05, 0) is 32.7 Å². The van der Waals surface area contributed by atoms with Gasteiger partial charge in [0.05, 0.1) is 19.1 Å². The topological polar surface area (TPSA) is 70.6 Å². The summed E-state index contributed by atoms with van der Waals surface area (Å²) < 4.78 is 5.39. The standard InChI is InChI=1S/C13H26N2O3/c1-3-6-14-12-9-18-8-11(12)13(17)15-10(2)5-4-7-16/h10-12,14,16H,3-9H2,1-2H3,(H,15,17). The first kappa shape index (κ1) is 15.4. The lowest BCUT2D eigenvalue weighted by atomic mass is 10.0. The molecule has 0 aromatic carbocycles. The highest BCUT2D eigenvalue weighted by Gasteiger charge is 2.33. The Kier molecular flexibility index (Phi) is 7.23. The van der Waals surface area contributed by atoms with Crippen LogP contribution in [0, 0.1) is 5.92 Å². The van der Waals surface area contributed by atoms with Crippen LogP contribution in [0.5, 0.6) is 0 Å². The number of rotatable bonds is 8. The van der Waals surface area contributed by atoms with Gasteiger partial charge >= 0.3 is 0 Å². The molecule has 1 aliphatic heterocycles. The summed E-state index contributed by atoms with van der Waals surface area (Å²) in [4.78, 5) is 12.1. The Morgan fingerprint density at radius 2 is 2.28 bits per heavy atom. The molecule has 1 rings (SSSR count). The van der Waals surface area contributed by atoms with Crippen molar-refractivity contribution in [3.8, 4) is 0 Å². The fourth-order valence-electron chi connectivity index (χ4n) is 2.16. The summed E-state index contributed by atoms with van der Waals surface area (Å²) in [5.74, 6) is -0.0281. The lowest BCUT2D eigenvalue weighted by Gasteiger charge is -2.21. The van der Waals surface area contributed by atoms with Gasteiger partial charge in [-0.15, -0.1) is 0 Å². The summed E-state index contributed by atoms with van der Waals surface area (Å²) in [6.45, 7) is 6.28. The van der Waals surface area contributed by atoms with E-state index in [-0.39, 0.29) is 30.5 Å². The highest BCUT2D eigenvalue weighted by molar-refractivity contribution is 5.80. The van der Waals surface area contributed by atoms with Crippen molar-refractivity contribution in [1.82, 2.24) is 10.6 Å². The van der Waals surface area contributed by atoms with E-state index in [9.17, 15) is 4.79 Å². The van der Waals surface area contributed by atoms with E-state index in [1.807, 2.05) is 6.92 Å². The third-order valence-electron chi connectivity index (χ3n) is 3.26. The first-order chi connectivity index (χ1) is 8.69. The zero-order valence-corrected chi connectivity index (χ0v) is 11.4. The zero-order valence-electron chi connectivity index (χ0n) is 11.4. The minimum Gasteiger partial charge on any atom is -0.396 e. The molecule has 3 N–H and O–H groups in total. The van der Waals surface area contributed by atoms with Gasteiger partial charge in [-0.2, -0.15) is 0 Å². The van der Waals surface area contributed by atoms with Crippen LogP contribution in [0.1, 0.15) is 33.1 Å². The predicted molar refractivity (Wildman–Crippen MR) is 70.3 cm³/mol. The smallest absolute Gasteiger partial charge is 0.227 e. The van der Waals surface area contributed by atoms with Crippen molar-refractivity contribution in [3.05, 3.63) is 0 Å². The quantitative estimate of drug-likeness (QED) is 0.585. The summed E-state index contributed by atoms with van der Waals surface area (Å²) >= 11 is 0. The number of amides is 1. The van der Waals surface area contributed by atoms with E-state index in [4.69, 9.17) is 9.84 Å². The molecular formula is C13H26N2O3. The van der Waals surface area contributed by atoms with Crippen molar-refractivity contribution >= 4 is 5.91 Å². The van der Waals surface area contributed by atoms with Crippen molar-refractivity contribution in [1.29, 1.82) is 0 Å². The number of hydrogen-bond acceptors (Lipinski definition) is 4. The molecule has 3 unspecified atom stereocenters. The highest BCUT2D eigenvalue weighted by atomic mass is 16.5. The molecule has 5 nitrogen and oxygen atoms in total. The number of aliphatic hydroxyl groups is 1. The average Bonchev–Trinajstić information content (AvgIpc) is 2.82. The van der Waals surface area contributed by atoms with Gasteiger partial charge in [0.1, 0.15) is 0 Å². The van der Waals surface area contributed by atoms with E-state index in [0.29, 0.717) is 13.2 Å². The van der Waals surface area contributed by atoms with Crippen molar-refractivity contribution in [2.24, 2.45) is 5.92 Å². The van der Waals surface area contributed by atoms with Gasteiger partial charge in [0, 0.05) is 18.7 Å². The van der Waals surface area contributed by atoms with Gasteiger partial charge in [0.2, 0.25) is 5.91 Å². The zero-order chi connectivity index (χ0) is 13.4. The molecule has 0 saturated carbocycles. The summed E-state index contributed by atoms with van der Waals surface area (Å²) in [6, 6.07) is 0.243. The van der Waals surface area contributed by atoms with E-state index in [1.165, 1.54) is 0 Å². The van der Waals surface area contributed by atoms with E-state index >= 15 is 0 Å². The summed E-state index contributed by atoms with van der Waals surface area (Å²) in [5, 5.41) is 15.1. The lowest BCUT2D eigenvalue weighted by molar-refractivity contribution is -0.126. The fourth-order valence-corrected chi connectivity index (χ4v) is 2.16. The van der Waals surface area contributed by atoms with Gasteiger partial charge in [0.25, 0.3) is 0 Å². The van der Waals surface area contributed by atoms with Crippen molar-refractivity contribution in [2.75, 3.05) is 26.4 Å². The third kappa shape index (κ3) is 4.92.